The highest BCUT2D eigenvalue weighted by Gasteiger charge is 2.38. The second kappa shape index (κ2) is 11.9. The van der Waals surface area contributed by atoms with Gasteiger partial charge in [-0.3, -0.25) is 19.3 Å². The summed E-state index contributed by atoms with van der Waals surface area (Å²) >= 11 is 7.31. The van der Waals surface area contributed by atoms with Crippen LogP contribution in [0.1, 0.15) is 16.8 Å². The Hall–Kier alpha value is -3.59. The van der Waals surface area contributed by atoms with Crippen molar-refractivity contribution < 1.29 is 19.1 Å². The van der Waals surface area contributed by atoms with Crippen LogP contribution < -0.4 is 10.6 Å². The molecule has 2 N–H and O–H groups in total. The van der Waals surface area contributed by atoms with Gasteiger partial charge in [-0.1, -0.05) is 53.7 Å². The summed E-state index contributed by atoms with van der Waals surface area (Å²) in [6, 6.07) is 23.1. The Labute approximate surface area is 218 Å². The van der Waals surface area contributed by atoms with Crippen LogP contribution in [0.3, 0.4) is 0 Å². The second-order valence-corrected chi connectivity index (χ2v) is 9.35. The van der Waals surface area contributed by atoms with E-state index < -0.39 is 0 Å². The lowest BCUT2D eigenvalue weighted by Crippen LogP contribution is -2.33. The van der Waals surface area contributed by atoms with Gasteiger partial charge in [0.15, 0.2) is 0 Å². The topological polar surface area (TPSA) is 87.7 Å². The molecule has 36 heavy (non-hydrogen) atoms. The molecule has 3 aromatic rings. The van der Waals surface area contributed by atoms with Gasteiger partial charge in [0.25, 0.3) is 17.7 Å². The molecule has 0 radical (unpaired) electrons. The Kier molecular flexibility index (Phi) is 8.43. The van der Waals surface area contributed by atoms with Crippen molar-refractivity contribution in [2.45, 2.75) is 11.3 Å². The van der Waals surface area contributed by atoms with Gasteiger partial charge in [-0.05, 0) is 55.0 Å². The number of rotatable bonds is 10. The van der Waals surface area contributed by atoms with Crippen molar-refractivity contribution in [1.82, 2.24) is 4.90 Å². The highest BCUT2D eigenvalue weighted by atomic mass is 35.5. The van der Waals surface area contributed by atoms with Gasteiger partial charge < -0.3 is 15.4 Å². The van der Waals surface area contributed by atoms with Crippen LogP contribution in [0.15, 0.2) is 94.4 Å². The molecule has 1 aliphatic rings. The molecular formula is C27H24ClN3O4S. The first-order chi connectivity index (χ1) is 17.5. The van der Waals surface area contributed by atoms with Crippen molar-refractivity contribution in [1.29, 1.82) is 0 Å². The number of ether oxygens (including phenoxy) is 1. The lowest BCUT2D eigenvalue weighted by Gasteiger charge is -2.14. The first kappa shape index (κ1) is 25.5. The van der Waals surface area contributed by atoms with Gasteiger partial charge in [-0.25, -0.2) is 0 Å². The number of imide groups is 1. The van der Waals surface area contributed by atoms with Crippen LogP contribution in [0.4, 0.5) is 11.4 Å². The molecule has 0 saturated carbocycles. The van der Waals surface area contributed by atoms with E-state index in [4.69, 9.17) is 16.3 Å². The lowest BCUT2D eigenvalue weighted by molar-refractivity contribution is -0.137. The first-order valence-corrected chi connectivity index (χ1v) is 12.4. The molecule has 0 unspecified atom stereocenters. The van der Waals surface area contributed by atoms with Crippen molar-refractivity contribution in [2.24, 2.45) is 0 Å². The number of anilines is 2. The average molecular weight is 522 g/mol. The van der Waals surface area contributed by atoms with E-state index in [-0.39, 0.29) is 30.0 Å². The summed E-state index contributed by atoms with van der Waals surface area (Å²) in [5.74, 6) is -1.04. The number of benzene rings is 3. The van der Waals surface area contributed by atoms with Gasteiger partial charge in [-0.15, -0.1) is 0 Å². The SMILES string of the molecule is COCCCN1C(=O)C(Nc2ccccc2)=C(Sc2ccc(NC(=O)c3ccccc3Cl)cc2)C1=O. The van der Waals surface area contributed by atoms with Crippen LogP contribution in [-0.4, -0.2) is 42.9 Å². The van der Waals surface area contributed by atoms with Crippen LogP contribution in [-0.2, 0) is 14.3 Å². The zero-order chi connectivity index (χ0) is 25.5. The molecule has 0 atom stereocenters. The summed E-state index contributed by atoms with van der Waals surface area (Å²) in [5, 5.41) is 6.30. The van der Waals surface area contributed by atoms with Crippen LogP contribution in [0, 0.1) is 0 Å². The van der Waals surface area contributed by atoms with Gasteiger partial charge in [0.05, 0.1) is 10.6 Å². The van der Waals surface area contributed by atoms with E-state index in [9.17, 15) is 14.4 Å². The van der Waals surface area contributed by atoms with Crippen molar-refractivity contribution in [3.8, 4) is 0 Å². The fraction of sp³-hybridized carbons (Fsp3) is 0.148. The highest BCUT2D eigenvalue weighted by Crippen LogP contribution is 2.36. The third-order valence-electron chi connectivity index (χ3n) is 5.35. The number of nitrogens with zero attached hydrogens (tertiary/aromatic N) is 1. The molecule has 3 aromatic carbocycles. The van der Waals surface area contributed by atoms with Gasteiger partial charge in [0.1, 0.15) is 10.6 Å². The van der Waals surface area contributed by atoms with E-state index in [1.54, 1.807) is 55.6 Å². The lowest BCUT2D eigenvalue weighted by atomic mass is 10.2. The monoisotopic (exact) mass is 521 g/mol. The van der Waals surface area contributed by atoms with Gasteiger partial charge in [-0.2, -0.15) is 0 Å². The molecule has 4 rings (SSSR count). The molecular weight excluding hydrogens is 498 g/mol. The normalized spacial score (nSPS) is 13.3. The Morgan fingerprint density at radius 2 is 1.61 bits per heavy atom. The number of nitrogens with one attached hydrogen (secondary N) is 2. The number of hydrogen-bond donors (Lipinski definition) is 2. The van der Waals surface area contributed by atoms with Gasteiger partial charge >= 0.3 is 0 Å². The number of thioether (sulfide) groups is 1. The molecule has 1 heterocycles. The molecule has 1 aliphatic heterocycles. The molecule has 0 spiro atoms. The second-order valence-electron chi connectivity index (χ2n) is 7.86. The van der Waals surface area contributed by atoms with Crippen molar-refractivity contribution >= 4 is 52.5 Å². The fourth-order valence-electron chi connectivity index (χ4n) is 3.56. The predicted octanol–water partition coefficient (Wildman–Crippen LogP) is 5.41. The quantitative estimate of drug-likeness (QED) is 0.274. The van der Waals surface area contributed by atoms with Crippen LogP contribution >= 0.6 is 23.4 Å². The van der Waals surface area contributed by atoms with Gasteiger partial charge in [0.2, 0.25) is 0 Å². The Morgan fingerprint density at radius 1 is 0.917 bits per heavy atom. The third-order valence-corrected chi connectivity index (χ3v) is 6.77. The van der Waals surface area contributed by atoms with Crippen LogP contribution in [0.2, 0.25) is 5.02 Å². The maximum absolute atomic E-state index is 13.2. The maximum Gasteiger partial charge on any atom is 0.278 e. The fourth-order valence-corrected chi connectivity index (χ4v) is 4.73. The van der Waals surface area contributed by atoms with E-state index >= 15 is 0 Å². The highest BCUT2D eigenvalue weighted by molar-refractivity contribution is 8.04. The molecule has 0 bridgehead atoms. The summed E-state index contributed by atoms with van der Waals surface area (Å²) in [4.78, 5) is 41.1. The molecule has 0 fully saturated rings. The molecule has 0 aliphatic carbocycles. The summed E-state index contributed by atoms with van der Waals surface area (Å²) in [7, 11) is 1.58. The molecule has 184 valence electrons. The largest absolute Gasteiger partial charge is 0.385 e. The Bertz CT molecular complexity index is 1300. The smallest absolute Gasteiger partial charge is 0.278 e. The molecule has 0 aromatic heterocycles. The minimum Gasteiger partial charge on any atom is -0.385 e. The van der Waals surface area contributed by atoms with Crippen LogP contribution in [0.25, 0.3) is 0 Å². The number of methoxy groups -OCH3 is 1. The number of halogens is 1. The minimum absolute atomic E-state index is 0.240. The number of amides is 3. The molecule has 3 amide bonds. The zero-order valence-electron chi connectivity index (χ0n) is 19.5. The van der Waals surface area contributed by atoms with E-state index in [2.05, 4.69) is 10.6 Å². The first-order valence-electron chi connectivity index (χ1n) is 11.2. The number of para-hydroxylation sites is 1. The van der Waals surface area contributed by atoms with E-state index in [0.717, 1.165) is 4.90 Å². The van der Waals surface area contributed by atoms with Crippen molar-refractivity contribution in [3.05, 3.63) is 100 Å². The summed E-state index contributed by atoms with van der Waals surface area (Å²) < 4.78 is 5.07. The summed E-state index contributed by atoms with van der Waals surface area (Å²) in [6.07, 6.45) is 0.546. The number of carbonyl (C=O) groups is 3. The predicted molar refractivity (Wildman–Crippen MR) is 142 cm³/mol. The molecule has 9 heteroatoms. The van der Waals surface area contributed by atoms with Crippen molar-refractivity contribution in [3.63, 3.8) is 0 Å². The zero-order valence-corrected chi connectivity index (χ0v) is 21.1. The maximum atomic E-state index is 13.2. The molecule has 0 saturated heterocycles. The van der Waals surface area contributed by atoms with E-state index in [1.807, 2.05) is 30.3 Å². The minimum atomic E-state index is -0.369. The van der Waals surface area contributed by atoms with Crippen LogP contribution in [0.5, 0.6) is 0 Å². The van der Waals surface area contributed by atoms with Gasteiger partial charge in [0, 0.05) is 36.5 Å². The van der Waals surface area contributed by atoms with E-state index in [1.165, 1.54) is 16.7 Å². The number of carbonyl (C=O) groups excluding carboxylic acids is 3. The van der Waals surface area contributed by atoms with E-state index in [0.29, 0.717) is 39.9 Å². The van der Waals surface area contributed by atoms with Crippen molar-refractivity contribution in [2.75, 3.05) is 30.9 Å². The standard InChI is InChI=1S/C27H24ClN3O4S/c1-35-17-7-16-31-26(33)23(29-18-8-3-2-4-9-18)24(27(31)34)36-20-14-12-19(13-15-20)30-25(32)21-10-5-6-11-22(21)28/h2-6,8-15,29H,7,16-17H2,1H3,(H,30,32). The Balaban J connectivity index is 1.52. The number of hydrogen-bond acceptors (Lipinski definition) is 6. The average Bonchev–Trinajstić information content (AvgIpc) is 3.10. The molecule has 7 nitrogen and oxygen atoms in total. The Morgan fingerprint density at radius 3 is 2.31 bits per heavy atom. The summed E-state index contributed by atoms with van der Waals surface area (Å²) in [6.45, 7) is 0.713. The summed E-state index contributed by atoms with van der Waals surface area (Å²) in [5.41, 5.74) is 1.91. The third kappa shape index (κ3) is 5.96.